The van der Waals surface area contributed by atoms with Gasteiger partial charge in [-0.2, -0.15) is 0 Å². The molecule has 0 aliphatic carbocycles. The fraction of sp³-hybridized carbons (Fsp3) is 0.130. The molecule has 6 heteroatoms. The molecule has 0 spiro atoms. The topological polar surface area (TPSA) is 84.6 Å². The molecule has 0 amide bonds. The fourth-order valence-electron chi connectivity index (χ4n) is 3.03. The molecule has 2 heterocycles. The maximum atomic E-state index is 12.0. The van der Waals surface area contributed by atoms with E-state index >= 15 is 0 Å². The lowest BCUT2D eigenvalue weighted by atomic mass is 10.0. The van der Waals surface area contributed by atoms with Crippen molar-refractivity contribution in [1.82, 2.24) is 4.98 Å². The highest BCUT2D eigenvalue weighted by Gasteiger charge is 2.10. The molecule has 146 valence electrons. The summed E-state index contributed by atoms with van der Waals surface area (Å²) in [7, 11) is 0. The number of anilines is 1. The summed E-state index contributed by atoms with van der Waals surface area (Å²) in [5.41, 5.74) is 1.76. The second-order valence-corrected chi connectivity index (χ2v) is 6.56. The molecule has 2 aromatic carbocycles. The molecule has 29 heavy (non-hydrogen) atoms. The Morgan fingerprint density at radius 3 is 2.66 bits per heavy atom. The van der Waals surface area contributed by atoms with Gasteiger partial charge < -0.3 is 19.6 Å². The molecule has 0 unspecified atom stereocenters. The number of hydrogen-bond acceptors (Lipinski definition) is 6. The van der Waals surface area contributed by atoms with E-state index in [1.54, 1.807) is 18.3 Å². The van der Waals surface area contributed by atoms with Crippen molar-refractivity contribution in [3.63, 3.8) is 0 Å². The maximum Gasteiger partial charge on any atom is 0.336 e. The summed E-state index contributed by atoms with van der Waals surface area (Å²) in [5, 5.41) is 14.0. The molecule has 0 fully saturated rings. The van der Waals surface area contributed by atoms with Gasteiger partial charge in [0.05, 0.1) is 0 Å². The van der Waals surface area contributed by atoms with Gasteiger partial charge in [0.1, 0.15) is 29.9 Å². The van der Waals surface area contributed by atoms with E-state index in [9.17, 15) is 9.90 Å². The summed E-state index contributed by atoms with van der Waals surface area (Å²) >= 11 is 0. The van der Waals surface area contributed by atoms with Crippen LogP contribution in [0.2, 0.25) is 0 Å². The summed E-state index contributed by atoms with van der Waals surface area (Å²) in [5.74, 6) is 1.20. The minimum atomic E-state index is -0.727. The standard InChI is InChI=1S/C23H20N2O4/c26-17(14-25-22-8-4-5-11-24-22)15-28-18-9-10-19-20(16-6-2-1-3-7-16)13-23(27)29-21(19)12-18/h1-13,17,26H,14-15H2,(H,24,25)/t17-/m0/s1. The smallest absolute Gasteiger partial charge is 0.336 e. The quantitative estimate of drug-likeness (QED) is 0.470. The van der Waals surface area contributed by atoms with Crippen LogP contribution in [0.25, 0.3) is 22.1 Å². The van der Waals surface area contributed by atoms with E-state index in [1.807, 2.05) is 54.6 Å². The second kappa shape index (κ2) is 8.58. The lowest BCUT2D eigenvalue weighted by Gasteiger charge is -2.14. The number of aliphatic hydroxyl groups excluding tert-OH is 1. The van der Waals surface area contributed by atoms with Gasteiger partial charge in [-0.15, -0.1) is 0 Å². The molecule has 0 aliphatic heterocycles. The maximum absolute atomic E-state index is 12.0. The average molecular weight is 388 g/mol. The lowest BCUT2D eigenvalue weighted by molar-refractivity contribution is 0.117. The van der Waals surface area contributed by atoms with E-state index in [4.69, 9.17) is 9.15 Å². The second-order valence-electron chi connectivity index (χ2n) is 6.56. The van der Waals surface area contributed by atoms with Crippen molar-refractivity contribution in [2.45, 2.75) is 6.10 Å². The molecule has 0 radical (unpaired) electrons. The number of nitrogens with zero attached hydrogens (tertiary/aromatic N) is 1. The Morgan fingerprint density at radius 1 is 1.03 bits per heavy atom. The number of hydrogen-bond donors (Lipinski definition) is 2. The Labute approximate surface area is 167 Å². The van der Waals surface area contributed by atoms with Gasteiger partial charge in [-0.25, -0.2) is 9.78 Å². The van der Waals surface area contributed by atoms with Gasteiger partial charge in [-0.05, 0) is 35.4 Å². The lowest BCUT2D eigenvalue weighted by Crippen LogP contribution is -2.26. The third-order valence-electron chi connectivity index (χ3n) is 4.43. The first-order valence-electron chi connectivity index (χ1n) is 9.28. The number of fused-ring (bicyclic) bond motifs is 1. The van der Waals surface area contributed by atoms with Gasteiger partial charge in [0.2, 0.25) is 0 Å². The van der Waals surface area contributed by atoms with Crippen LogP contribution in [0.5, 0.6) is 5.75 Å². The average Bonchev–Trinajstić information content (AvgIpc) is 2.76. The summed E-state index contributed by atoms with van der Waals surface area (Å²) in [6.45, 7) is 0.395. The van der Waals surface area contributed by atoms with E-state index in [2.05, 4.69) is 10.3 Å². The summed E-state index contributed by atoms with van der Waals surface area (Å²) in [6, 6.07) is 22.0. The zero-order chi connectivity index (χ0) is 20.1. The van der Waals surface area contributed by atoms with E-state index in [-0.39, 0.29) is 6.61 Å². The first-order valence-corrected chi connectivity index (χ1v) is 9.28. The molecule has 0 saturated heterocycles. The number of ether oxygens (including phenoxy) is 1. The van der Waals surface area contributed by atoms with Gasteiger partial charge in [0.25, 0.3) is 0 Å². The van der Waals surface area contributed by atoms with Crippen LogP contribution in [0.1, 0.15) is 0 Å². The molecule has 0 aliphatic rings. The van der Waals surface area contributed by atoms with E-state index in [0.717, 1.165) is 16.5 Å². The van der Waals surface area contributed by atoms with E-state index in [1.165, 1.54) is 6.07 Å². The van der Waals surface area contributed by atoms with Crippen LogP contribution < -0.4 is 15.7 Å². The highest BCUT2D eigenvalue weighted by atomic mass is 16.5. The third-order valence-corrected chi connectivity index (χ3v) is 4.43. The van der Waals surface area contributed by atoms with Crippen LogP contribution in [-0.4, -0.2) is 29.3 Å². The molecule has 4 rings (SSSR count). The molecule has 2 aromatic heterocycles. The summed E-state index contributed by atoms with van der Waals surface area (Å²) < 4.78 is 11.0. The first-order chi connectivity index (χ1) is 14.2. The Kier molecular flexibility index (Phi) is 5.54. The minimum absolute atomic E-state index is 0.0912. The van der Waals surface area contributed by atoms with Crippen molar-refractivity contribution < 1.29 is 14.3 Å². The number of benzene rings is 2. The van der Waals surface area contributed by atoms with Gasteiger partial charge in [0.15, 0.2) is 0 Å². The summed E-state index contributed by atoms with van der Waals surface area (Å²) in [6.07, 6.45) is 0.952. The predicted octanol–water partition coefficient (Wildman–Crippen LogP) is 3.71. The highest BCUT2D eigenvalue weighted by Crippen LogP contribution is 2.29. The van der Waals surface area contributed by atoms with Gasteiger partial charge in [0, 0.05) is 30.3 Å². The van der Waals surface area contributed by atoms with Gasteiger partial charge in [-0.3, -0.25) is 0 Å². The number of aliphatic hydroxyl groups is 1. The molecule has 4 aromatic rings. The number of pyridine rings is 1. The fourth-order valence-corrected chi connectivity index (χ4v) is 3.03. The zero-order valence-corrected chi connectivity index (χ0v) is 15.6. The predicted molar refractivity (Wildman–Crippen MR) is 112 cm³/mol. The highest BCUT2D eigenvalue weighted by molar-refractivity contribution is 5.93. The Morgan fingerprint density at radius 2 is 1.86 bits per heavy atom. The van der Waals surface area contributed by atoms with Crippen LogP contribution in [0.3, 0.4) is 0 Å². The van der Waals surface area contributed by atoms with Crippen molar-refractivity contribution in [2.75, 3.05) is 18.5 Å². The molecular formula is C23H20N2O4. The Hall–Kier alpha value is -3.64. The Balaban J connectivity index is 1.47. The minimum Gasteiger partial charge on any atom is -0.491 e. The van der Waals surface area contributed by atoms with Crippen molar-refractivity contribution in [1.29, 1.82) is 0 Å². The Bertz CT molecular complexity index is 1140. The monoisotopic (exact) mass is 388 g/mol. The van der Waals surface area contributed by atoms with Crippen molar-refractivity contribution >= 4 is 16.8 Å². The number of rotatable bonds is 7. The molecule has 2 N–H and O–H groups in total. The van der Waals surface area contributed by atoms with E-state index < -0.39 is 11.7 Å². The van der Waals surface area contributed by atoms with Crippen molar-refractivity contribution in [2.24, 2.45) is 0 Å². The number of nitrogens with one attached hydrogen (secondary N) is 1. The largest absolute Gasteiger partial charge is 0.491 e. The molecule has 6 nitrogen and oxygen atoms in total. The van der Waals surface area contributed by atoms with Crippen LogP contribution in [0.15, 0.2) is 88.2 Å². The summed E-state index contributed by atoms with van der Waals surface area (Å²) in [4.78, 5) is 16.2. The normalized spacial score (nSPS) is 11.9. The first kappa shape index (κ1) is 18.7. The van der Waals surface area contributed by atoms with Gasteiger partial charge >= 0.3 is 5.63 Å². The zero-order valence-electron chi connectivity index (χ0n) is 15.6. The van der Waals surface area contributed by atoms with E-state index in [0.29, 0.717) is 23.7 Å². The molecular weight excluding hydrogens is 368 g/mol. The SMILES string of the molecule is O=c1cc(-c2ccccc2)c2ccc(OC[C@@H](O)CNc3ccccn3)cc2o1. The third kappa shape index (κ3) is 4.62. The van der Waals surface area contributed by atoms with Crippen LogP contribution >= 0.6 is 0 Å². The molecule has 0 saturated carbocycles. The number of aromatic nitrogens is 1. The van der Waals surface area contributed by atoms with Crippen LogP contribution in [0, 0.1) is 0 Å². The van der Waals surface area contributed by atoms with Gasteiger partial charge in [-0.1, -0.05) is 36.4 Å². The van der Waals surface area contributed by atoms with Crippen LogP contribution in [-0.2, 0) is 0 Å². The van der Waals surface area contributed by atoms with Crippen LogP contribution in [0.4, 0.5) is 5.82 Å². The molecule has 0 bridgehead atoms. The van der Waals surface area contributed by atoms with Crippen molar-refractivity contribution in [3.8, 4) is 16.9 Å². The van der Waals surface area contributed by atoms with Crippen molar-refractivity contribution in [3.05, 3.63) is 89.4 Å². The molecule has 1 atom stereocenters.